The molecule has 6 nitrogen and oxygen atoms in total. The number of aliphatic hydroxyl groups is 2. The second-order valence-electron chi connectivity index (χ2n) is 7.04. The van der Waals surface area contributed by atoms with E-state index in [0.29, 0.717) is 38.5 Å². The fourth-order valence-electron chi connectivity index (χ4n) is 4.87. The van der Waals surface area contributed by atoms with Gasteiger partial charge in [0.2, 0.25) is 5.91 Å². The first kappa shape index (κ1) is 14.5. The zero-order valence-electron chi connectivity index (χ0n) is 11.9. The van der Waals surface area contributed by atoms with Crippen LogP contribution in [0.3, 0.4) is 0 Å². The van der Waals surface area contributed by atoms with Crippen LogP contribution in [0, 0.1) is 5.92 Å². The number of carbonyl (C=O) groups is 2. The van der Waals surface area contributed by atoms with Crippen LogP contribution in [0.25, 0.3) is 0 Å². The molecule has 3 N–H and O–H groups in total. The summed E-state index contributed by atoms with van der Waals surface area (Å²) < 4.78 is 5.57. The van der Waals surface area contributed by atoms with Crippen LogP contribution in [-0.4, -0.2) is 45.4 Å². The monoisotopic (exact) mass is 295 g/mol. The van der Waals surface area contributed by atoms with Gasteiger partial charge in [0, 0.05) is 19.3 Å². The SMILES string of the molecule is C=CC(=O)NCC(=O)OC12CC3CC(O)(CC(O)(C3)C1)C2. The van der Waals surface area contributed by atoms with Crippen molar-refractivity contribution in [1.82, 2.24) is 5.32 Å². The van der Waals surface area contributed by atoms with E-state index in [0.717, 1.165) is 6.08 Å². The Kier molecular flexibility index (Phi) is 3.15. The predicted octanol–water partition coefficient (Wildman–Crippen LogP) is 0.0304. The van der Waals surface area contributed by atoms with Crippen molar-refractivity contribution in [3.8, 4) is 0 Å². The average Bonchev–Trinajstić information content (AvgIpc) is 2.30. The molecule has 4 bridgehead atoms. The minimum atomic E-state index is -0.932. The Morgan fingerprint density at radius 1 is 1.19 bits per heavy atom. The van der Waals surface area contributed by atoms with Crippen LogP contribution in [0.5, 0.6) is 0 Å². The summed E-state index contributed by atoms with van der Waals surface area (Å²) >= 11 is 0. The molecule has 0 aromatic rings. The number of amides is 1. The molecule has 2 atom stereocenters. The molecule has 2 unspecified atom stereocenters. The first-order valence-corrected chi connectivity index (χ1v) is 7.32. The molecule has 0 heterocycles. The van der Waals surface area contributed by atoms with Crippen LogP contribution in [0.1, 0.15) is 38.5 Å². The highest BCUT2D eigenvalue weighted by Crippen LogP contribution is 2.60. The Morgan fingerprint density at radius 2 is 1.81 bits per heavy atom. The van der Waals surface area contributed by atoms with Crippen LogP contribution in [0.4, 0.5) is 0 Å². The molecule has 116 valence electrons. The number of rotatable bonds is 4. The second kappa shape index (κ2) is 4.55. The van der Waals surface area contributed by atoms with Crippen molar-refractivity contribution in [1.29, 1.82) is 0 Å². The average molecular weight is 295 g/mol. The molecule has 4 saturated carbocycles. The highest BCUT2D eigenvalue weighted by molar-refractivity contribution is 5.89. The molecule has 4 fully saturated rings. The van der Waals surface area contributed by atoms with Crippen molar-refractivity contribution in [2.75, 3.05) is 6.54 Å². The highest BCUT2D eigenvalue weighted by atomic mass is 16.6. The summed E-state index contributed by atoms with van der Waals surface area (Å²) in [5.74, 6) is -0.791. The summed E-state index contributed by atoms with van der Waals surface area (Å²) in [4.78, 5) is 23.0. The van der Waals surface area contributed by atoms with Crippen molar-refractivity contribution in [2.45, 2.75) is 55.3 Å². The number of nitrogens with one attached hydrogen (secondary N) is 1. The number of hydrogen-bond acceptors (Lipinski definition) is 5. The molecular weight excluding hydrogens is 274 g/mol. The van der Waals surface area contributed by atoms with Crippen LogP contribution in [-0.2, 0) is 14.3 Å². The van der Waals surface area contributed by atoms with Gasteiger partial charge in [-0.2, -0.15) is 0 Å². The van der Waals surface area contributed by atoms with Crippen molar-refractivity contribution < 1.29 is 24.5 Å². The molecule has 0 saturated heterocycles. The van der Waals surface area contributed by atoms with E-state index in [9.17, 15) is 19.8 Å². The fraction of sp³-hybridized carbons (Fsp3) is 0.733. The molecule has 1 amide bonds. The summed E-state index contributed by atoms with van der Waals surface area (Å²) in [6.07, 6.45) is 4.22. The number of ether oxygens (including phenoxy) is 1. The van der Waals surface area contributed by atoms with Gasteiger partial charge in [-0.05, 0) is 31.3 Å². The van der Waals surface area contributed by atoms with Gasteiger partial charge in [-0.25, -0.2) is 0 Å². The maximum absolute atomic E-state index is 11.9. The van der Waals surface area contributed by atoms with Crippen LogP contribution in [0.2, 0.25) is 0 Å². The number of esters is 1. The molecule has 4 aliphatic carbocycles. The predicted molar refractivity (Wildman–Crippen MR) is 73.1 cm³/mol. The lowest BCUT2D eigenvalue weighted by Gasteiger charge is -2.62. The standard InChI is InChI=1S/C15H21NO5/c1-2-11(17)16-6-12(18)21-15-5-10-3-13(19,8-15)7-14(20,4-10)9-15/h2,10,19-20H,1,3-9H2,(H,16,17). The van der Waals surface area contributed by atoms with Crippen molar-refractivity contribution in [3.63, 3.8) is 0 Å². The van der Waals surface area contributed by atoms with E-state index in [2.05, 4.69) is 11.9 Å². The first-order chi connectivity index (χ1) is 9.76. The third-order valence-corrected chi connectivity index (χ3v) is 4.88. The molecule has 0 aliphatic heterocycles. The Hall–Kier alpha value is -1.40. The van der Waals surface area contributed by atoms with Crippen molar-refractivity contribution in [2.24, 2.45) is 5.92 Å². The summed E-state index contributed by atoms with van der Waals surface area (Å²) in [5.41, 5.74) is -2.66. The Bertz CT molecular complexity index is 484. The van der Waals surface area contributed by atoms with Crippen LogP contribution >= 0.6 is 0 Å². The lowest BCUT2D eigenvalue weighted by atomic mass is 9.50. The summed E-state index contributed by atoms with van der Waals surface area (Å²) in [6, 6.07) is 0. The Morgan fingerprint density at radius 3 is 2.33 bits per heavy atom. The smallest absolute Gasteiger partial charge is 0.325 e. The molecule has 4 aliphatic rings. The van der Waals surface area contributed by atoms with Crippen LogP contribution in [0.15, 0.2) is 12.7 Å². The van der Waals surface area contributed by atoms with Gasteiger partial charge in [0.05, 0.1) is 11.2 Å². The molecule has 0 radical (unpaired) electrons. The van der Waals surface area contributed by atoms with Gasteiger partial charge in [0.15, 0.2) is 0 Å². The Labute approximate surface area is 123 Å². The van der Waals surface area contributed by atoms with Gasteiger partial charge >= 0.3 is 5.97 Å². The molecule has 6 heteroatoms. The van der Waals surface area contributed by atoms with Gasteiger partial charge in [-0.15, -0.1) is 0 Å². The maximum atomic E-state index is 11.9. The molecule has 0 aromatic carbocycles. The zero-order chi connectivity index (χ0) is 15.3. The van der Waals surface area contributed by atoms with Gasteiger partial charge in [-0.3, -0.25) is 9.59 Å². The number of hydrogen-bond donors (Lipinski definition) is 3. The van der Waals surface area contributed by atoms with Gasteiger partial charge in [-0.1, -0.05) is 6.58 Å². The van der Waals surface area contributed by atoms with E-state index >= 15 is 0 Å². The van der Waals surface area contributed by atoms with Gasteiger partial charge in [0.25, 0.3) is 0 Å². The number of carbonyl (C=O) groups excluding carboxylic acids is 2. The highest BCUT2D eigenvalue weighted by Gasteiger charge is 2.64. The third-order valence-electron chi connectivity index (χ3n) is 4.88. The van der Waals surface area contributed by atoms with E-state index < -0.39 is 28.7 Å². The van der Waals surface area contributed by atoms with Gasteiger partial charge in [0.1, 0.15) is 12.1 Å². The normalized spacial score (nSPS) is 43.4. The molecule has 0 aromatic heterocycles. The topological polar surface area (TPSA) is 95.9 Å². The lowest BCUT2D eigenvalue weighted by molar-refractivity contribution is -0.261. The Balaban J connectivity index is 1.69. The maximum Gasteiger partial charge on any atom is 0.325 e. The van der Waals surface area contributed by atoms with Crippen LogP contribution < -0.4 is 5.32 Å². The van der Waals surface area contributed by atoms with Crippen molar-refractivity contribution in [3.05, 3.63) is 12.7 Å². The largest absolute Gasteiger partial charge is 0.458 e. The molecular formula is C15H21NO5. The summed E-state index contributed by atoms with van der Waals surface area (Å²) in [7, 11) is 0. The van der Waals surface area contributed by atoms with E-state index in [-0.39, 0.29) is 12.5 Å². The minimum Gasteiger partial charge on any atom is -0.458 e. The first-order valence-electron chi connectivity index (χ1n) is 7.32. The summed E-state index contributed by atoms with van der Waals surface area (Å²) in [5, 5.41) is 23.5. The van der Waals surface area contributed by atoms with E-state index in [4.69, 9.17) is 4.74 Å². The quantitative estimate of drug-likeness (QED) is 0.502. The molecule has 21 heavy (non-hydrogen) atoms. The molecule has 4 rings (SSSR count). The molecule has 0 spiro atoms. The van der Waals surface area contributed by atoms with Gasteiger partial charge < -0.3 is 20.3 Å². The summed E-state index contributed by atoms with van der Waals surface area (Å²) in [6.45, 7) is 3.08. The van der Waals surface area contributed by atoms with E-state index in [1.165, 1.54) is 0 Å². The third kappa shape index (κ3) is 2.70. The lowest BCUT2D eigenvalue weighted by Crippen LogP contribution is -2.67. The minimum absolute atomic E-state index is 0.187. The van der Waals surface area contributed by atoms with E-state index in [1.54, 1.807) is 0 Å². The second-order valence-corrected chi connectivity index (χ2v) is 7.04. The zero-order valence-corrected chi connectivity index (χ0v) is 11.9. The van der Waals surface area contributed by atoms with E-state index in [1.807, 2.05) is 0 Å². The fourth-order valence-corrected chi connectivity index (χ4v) is 4.87. The van der Waals surface area contributed by atoms with Crippen molar-refractivity contribution >= 4 is 11.9 Å².